The summed E-state index contributed by atoms with van der Waals surface area (Å²) in [7, 11) is 0. The van der Waals surface area contributed by atoms with E-state index in [9.17, 15) is 0 Å². The number of aromatic nitrogens is 2. The zero-order chi connectivity index (χ0) is 8.67. The van der Waals surface area contributed by atoms with Crippen LogP contribution in [0.1, 0.15) is 0 Å². The number of aromatic amines is 2. The third-order valence-corrected chi connectivity index (χ3v) is 2.34. The maximum atomic E-state index is 3.24. The fraction of sp³-hybridized carbons (Fsp3) is 0. The Morgan fingerprint density at radius 1 is 1.15 bits per heavy atom. The standard InChI is InChI=1S/C11H8N2/c1-3-8-7-9-4-2-6-13-11(9)10(8)12-5-1/h1-7,12H/p+1. The van der Waals surface area contributed by atoms with Crippen LogP contribution in [0.3, 0.4) is 0 Å². The molecular weight excluding hydrogens is 160 g/mol. The van der Waals surface area contributed by atoms with Crippen molar-refractivity contribution in [3.63, 3.8) is 0 Å². The fourth-order valence-electron chi connectivity index (χ4n) is 1.74. The van der Waals surface area contributed by atoms with Crippen molar-refractivity contribution in [1.82, 2.24) is 4.98 Å². The highest BCUT2D eigenvalue weighted by molar-refractivity contribution is 5.95. The summed E-state index contributed by atoms with van der Waals surface area (Å²) in [6.45, 7) is 0. The van der Waals surface area contributed by atoms with E-state index in [2.05, 4.69) is 28.2 Å². The summed E-state index contributed by atoms with van der Waals surface area (Å²) >= 11 is 0. The predicted molar refractivity (Wildman–Crippen MR) is 51.5 cm³/mol. The van der Waals surface area contributed by atoms with Crippen molar-refractivity contribution in [2.45, 2.75) is 0 Å². The summed E-state index contributed by atoms with van der Waals surface area (Å²) < 4.78 is 0. The van der Waals surface area contributed by atoms with Crippen LogP contribution in [0.25, 0.3) is 22.2 Å². The number of hydrogen-bond acceptors (Lipinski definition) is 0. The third-order valence-electron chi connectivity index (χ3n) is 2.34. The quantitative estimate of drug-likeness (QED) is 0.534. The van der Waals surface area contributed by atoms with E-state index < -0.39 is 0 Å². The molecule has 0 spiro atoms. The first-order chi connectivity index (χ1) is 6.45. The number of nitrogens with one attached hydrogen (secondary N) is 2. The van der Waals surface area contributed by atoms with Gasteiger partial charge in [-0.15, -0.1) is 0 Å². The maximum Gasteiger partial charge on any atom is 0.235 e. The van der Waals surface area contributed by atoms with Gasteiger partial charge < -0.3 is 4.98 Å². The van der Waals surface area contributed by atoms with Gasteiger partial charge in [0.2, 0.25) is 5.52 Å². The van der Waals surface area contributed by atoms with Crippen molar-refractivity contribution >= 4 is 10.9 Å². The van der Waals surface area contributed by atoms with E-state index in [0.717, 1.165) is 0 Å². The van der Waals surface area contributed by atoms with E-state index >= 15 is 0 Å². The summed E-state index contributed by atoms with van der Waals surface area (Å²) in [6.07, 6.45) is 3.89. The van der Waals surface area contributed by atoms with Gasteiger partial charge in [0.15, 0.2) is 6.20 Å². The second-order valence-corrected chi connectivity index (χ2v) is 3.15. The lowest BCUT2D eigenvalue weighted by atomic mass is 10.2. The normalized spacial score (nSPS) is 11.1. The molecule has 0 fully saturated rings. The molecule has 1 aliphatic heterocycles. The first-order valence-electron chi connectivity index (χ1n) is 4.32. The van der Waals surface area contributed by atoms with Gasteiger partial charge in [0.1, 0.15) is 5.69 Å². The van der Waals surface area contributed by atoms with Crippen LogP contribution in [-0.4, -0.2) is 4.98 Å². The lowest BCUT2D eigenvalue weighted by Crippen LogP contribution is -2.00. The second-order valence-electron chi connectivity index (χ2n) is 3.15. The van der Waals surface area contributed by atoms with Crippen molar-refractivity contribution in [2.24, 2.45) is 0 Å². The topological polar surface area (TPSA) is 29.9 Å². The molecule has 2 N–H and O–H groups in total. The molecule has 0 aromatic carbocycles. The van der Waals surface area contributed by atoms with Crippen molar-refractivity contribution in [2.75, 3.05) is 0 Å². The molecule has 2 heteroatoms. The molecule has 0 atom stereocenters. The molecule has 1 aliphatic carbocycles. The summed E-state index contributed by atoms with van der Waals surface area (Å²) in [5.74, 6) is 0. The van der Waals surface area contributed by atoms with Crippen LogP contribution < -0.4 is 4.98 Å². The minimum absolute atomic E-state index is 1.18. The number of rotatable bonds is 0. The largest absolute Gasteiger partial charge is 0.356 e. The molecule has 0 bridgehead atoms. The van der Waals surface area contributed by atoms with Gasteiger partial charge in [-0.1, -0.05) is 6.07 Å². The number of hydrogen-bond donors (Lipinski definition) is 1. The van der Waals surface area contributed by atoms with Gasteiger partial charge in [0, 0.05) is 23.2 Å². The Morgan fingerprint density at radius 3 is 3.15 bits per heavy atom. The van der Waals surface area contributed by atoms with E-state index in [1.54, 1.807) is 0 Å². The Kier molecular flexibility index (Phi) is 1.19. The number of fused-ring (bicyclic) bond motifs is 3. The van der Waals surface area contributed by atoms with Crippen LogP contribution in [0.15, 0.2) is 42.7 Å². The van der Waals surface area contributed by atoms with Gasteiger partial charge in [-0.05, 0) is 18.2 Å². The smallest absolute Gasteiger partial charge is 0.235 e. The van der Waals surface area contributed by atoms with Crippen molar-refractivity contribution in [3.05, 3.63) is 42.7 Å². The van der Waals surface area contributed by atoms with Gasteiger partial charge in [-0.3, -0.25) is 0 Å². The molecule has 2 heterocycles. The van der Waals surface area contributed by atoms with Gasteiger partial charge in [-0.2, -0.15) is 0 Å². The zero-order valence-corrected chi connectivity index (χ0v) is 7.04. The van der Waals surface area contributed by atoms with Crippen molar-refractivity contribution in [3.8, 4) is 11.3 Å². The Bertz CT molecular complexity index is 525. The average Bonchev–Trinajstić information content (AvgIpc) is 2.56. The van der Waals surface area contributed by atoms with Crippen LogP contribution >= 0.6 is 0 Å². The first-order valence-corrected chi connectivity index (χ1v) is 4.32. The highest BCUT2D eigenvalue weighted by atomic mass is 14.7. The van der Waals surface area contributed by atoms with Crippen LogP contribution in [0.4, 0.5) is 0 Å². The Balaban J connectivity index is 2.56. The lowest BCUT2D eigenvalue weighted by molar-refractivity contribution is -0.344. The lowest BCUT2D eigenvalue weighted by Gasteiger charge is -1.93. The van der Waals surface area contributed by atoms with E-state index in [4.69, 9.17) is 0 Å². The molecule has 1 aromatic heterocycles. The number of pyridine rings is 2. The molecule has 3 rings (SSSR count). The molecule has 62 valence electrons. The fourth-order valence-corrected chi connectivity index (χ4v) is 1.74. The molecule has 2 aliphatic rings. The van der Waals surface area contributed by atoms with Crippen LogP contribution in [0.2, 0.25) is 0 Å². The van der Waals surface area contributed by atoms with Crippen molar-refractivity contribution in [1.29, 1.82) is 0 Å². The zero-order valence-electron chi connectivity index (χ0n) is 7.04. The van der Waals surface area contributed by atoms with E-state index in [0.29, 0.717) is 0 Å². The molecule has 0 saturated heterocycles. The highest BCUT2D eigenvalue weighted by Gasteiger charge is 2.13. The SMILES string of the molecule is c1c[nH]c2c3[nH+]cccc3cc-2c1. The monoisotopic (exact) mass is 169 g/mol. The minimum Gasteiger partial charge on any atom is -0.356 e. The Labute approximate surface area is 75.6 Å². The van der Waals surface area contributed by atoms with Gasteiger partial charge in [0.05, 0.1) is 0 Å². The molecule has 0 amide bonds. The average molecular weight is 169 g/mol. The molecular formula is C11H9N2+. The summed E-state index contributed by atoms with van der Waals surface area (Å²) in [5, 5.41) is 1.25. The second kappa shape index (κ2) is 2.33. The summed E-state index contributed by atoms with van der Waals surface area (Å²) in [4.78, 5) is 6.49. The summed E-state index contributed by atoms with van der Waals surface area (Å²) in [5.41, 5.74) is 3.61. The minimum atomic E-state index is 1.18. The van der Waals surface area contributed by atoms with Gasteiger partial charge in [-0.25, -0.2) is 4.98 Å². The molecule has 0 radical (unpaired) electrons. The highest BCUT2D eigenvalue weighted by Crippen LogP contribution is 2.28. The number of H-pyrrole nitrogens is 2. The Hall–Kier alpha value is -1.83. The van der Waals surface area contributed by atoms with Crippen LogP contribution in [-0.2, 0) is 0 Å². The van der Waals surface area contributed by atoms with Gasteiger partial charge >= 0.3 is 0 Å². The molecule has 0 saturated carbocycles. The van der Waals surface area contributed by atoms with Gasteiger partial charge in [0.25, 0.3) is 0 Å². The summed E-state index contributed by atoms with van der Waals surface area (Å²) in [6, 6.07) is 10.4. The molecule has 2 nitrogen and oxygen atoms in total. The van der Waals surface area contributed by atoms with E-state index in [1.165, 1.54) is 22.2 Å². The first kappa shape index (κ1) is 6.66. The van der Waals surface area contributed by atoms with E-state index in [1.807, 2.05) is 24.5 Å². The van der Waals surface area contributed by atoms with Crippen LogP contribution in [0.5, 0.6) is 0 Å². The molecule has 1 aromatic rings. The predicted octanol–water partition coefficient (Wildman–Crippen LogP) is 2.09. The molecule has 0 unspecified atom stereocenters. The Morgan fingerprint density at radius 2 is 2.15 bits per heavy atom. The molecule has 13 heavy (non-hydrogen) atoms. The maximum absolute atomic E-state index is 3.24. The van der Waals surface area contributed by atoms with Crippen molar-refractivity contribution < 1.29 is 4.98 Å². The van der Waals surface area contributed by atoms with Crippen LogP contribution in [0, 0.1) is 0 Å². The third kappa shape index (κ3) is 0.855. The van der Waals surface area contributed by atoms with E-state index in [-0.39, 0.29) is 0 Å².